The Morgan fingerprint density at radius 1 is 1.50 bits per heavy atom. The smallest absolute Gasteiger partial charge is 0.343 e. The summed E-state index contributed by atoms with van der Waals surface area (Å²) in [6.45, 7) is -0.271. The molecule has 1 aromatic carbocycles. The predicted molar refractivity (Wildman–Crippen MR) is 93.3 cm³/mol. The lowest BCUT2D eigenvalue weighted by atomic mass is 10.2. The van der Waals surface area contributed by atoms with Crippen LogP contribution in [-0.4, -0.2) is 38.0 Å². The number of ether oxygens (including phenoxy) is 3. The average Bonchev–Trinajstić information content (AvgIpc) is 2.98. The number of nitrogens with zero attached hydrogens (tertiary/aromatic N) is 2. The van der Waals surface area contributed by atoms with Crippen molar-refractivity contribution in [3.63, 3.8) is 0 Å². The van der Waals surface area contributed by atoms with Crippen molar-refractivity contribution >= 4 is 46.1 Å². The van der Waals surface area contributed by atoms with Gasteiger partial charge in [-0.15, -0.1) is 11.3 Å². The van der Waals surface area contributed by atoms with E-state index in [2.05, 4.69) is 20.2 Å². The van der Waals surface area contributed by atoms with E-state index in [4.69, 9.17) is 26.8 Å². The molecule has 1 heterocycles. The number of carbonyl (C=O) groups excluding carboxylic acids is 1. The normalized spacial score (nSPS) is 10.6. The lowest BCUT2D eigenvalue weighted by Crippen LogP contribution is -2.13. The third-order valence-electron chi connectivity index (χ3n) is 2.71. The van der Waals surface area contributed by atoms with Crippen LogP contribution in [0, 0.1) is 0 Å². The van der Waals surface area contributed by atoms with E-state index in [9.17, 15) is 4.79 Å². The van der Waals surface area contributed by atoms with E-state index in [-0.39, 0.29) is 17.4 Å². The maximum absolute atomic E-state index is 11.2. The number of hydrogen-bond acceptors (Lipinski definition) is 9. The first kappa shape index (κ1) is 17.8. The second kappa shape index (κ2) is 8.37. The van der Waals surface area contributed by atoms with Gasteiger partial charge in [0.1, 0.15) is 5.82 Å². The Bertz CT molecular complexity index is 750. The van der Waals surface area contributed by atoms with Crippen LogP contribution >= 0.6 is 22.9 Å². The number of esters is 1. The number of rotatable bonds is 7. The van der Waals surface area contributed by atoms with Gasteiger partial charge in [0.05, 0.1) is 25.5 Å². The summed E-state index contributed by atoms with van der Waals surface area (Å²) >= 11 is 7.51. The molecule has 2 rings (SSSR count). The van der Waals surface area contributed by atoms with Crippen molar-refractivity contribution in [3.8, 4) is 11.5 Å². The molecular formula is C14H15ClN4O4S. The number of carbonyl (C=O) groups is 1. The number of thiazole rings is 1. The summed E-state index contributed by atoms with van der Waals surface area (Å²) in [5, 5.41) is 6.59. The van der Waals surface area contributed by atoms with Crippen molar-refractivity contribution in [2.75, 3.05) is 32.0 Å². The molecular weight excluding hydrogens is 356 g/mol. The highest BCUT2D eigenvalue weighted by atomic mass is 35.5. The number of hydrogen-bond donors (Lipinski definition) is 2. The molecule has 0 aliphatic carbocycles. The molecule has 0 radical (unpaired) electrons. The van der Waals surface area contributed by atoms with E-state index in [1.54, 1.807) is 17.5 Å². The molecule has 3 N–H and O–H groups in total. The molecule has 10 heteroatoms. The van der Waals surface area contributed by atoms with Crippen LogP contribution in [0.4, 0.5) is 10.9 Å². The third kappa shape index (κ3) is 4.74. The Hall–Kier alpha value is -2.52. The molecule has 8 nitrogen and oxygen atoms in total. The van der Waals surface area contributed by atoms with E-state index in [1.165, 1.54) is 31.8 Å². The number of anilines is 2. The summed E-state index contributed by atoms with van der Waals surface area (Å²) in [5.41, 5.74) is 8.94. The third-order valence-corrected chi connectivity index (χ3v) is 3.76. The fraction of sp³-hybridized carbons (Fsp3) is 0.214. The second-order valence-electron chi connectivity index (χ2n) is 4.35. The minimum Gasteiger partial charge on any atom is -0.493 e. The highest BCUT2D eigenvalue weighted by Crippen LogP contribution is 2.36. The Balaban J connectivity index is 2.11. The van der Waals surface area contributed by atoms with Gasteiger partial charge in [0.15, 0.2) is 18.1 Å². The van der Waals surface area contributed by atoms with E-state index in [0.717, 1.165) is 0 Å². The van der Waals surface area contributed by atoms with Crippen LogP contribution in [0.3, 0.4) is 0 Å². The van der Waals surface area contributed by atoms with Gasteiger partial charge in [-0.1, -0.05) is 11.6 Å². The highest BCUT2D eigenvalue weighted by Gasteiger charge is 2.13. The van der Waals surface area contributed by atoms with Crippen molar-refractivity contribution < 1.29 is 19.0 Å². The molecule has 2 aromatic rings. The molecule has 0 aliphatic rings. The standard InChI is InChI=1S/C14H15ClN4O4S/c1-21-10-4-8(5-17-19-14-18-11(16)7-24-14)3-9(15)13(10)23-6-12(20)22-2/h3-5,7H,6,16H2,1-2H3,(H,18,19). The van der Waals surface area contributed by atoms with Gasteiger partial charge in [-0.2, -0.15) is 5.10 Å². The maximum atomic E-state index is 11.2. The zero-order valence-electron chi connectivity index (χ0n) is 12.9. The quantitative estimate of drug-likeness (QED) is 0.437. The lowest BCUT2D eigenvalue weighted by molar-refractivity contribution is -0.142. The monoisotopic (exact) mass is 370 g/mol. The Kier molecular flexibility index (Phi) is 6.21. The molecule has 0 aliphatic heterocycles. The van der Waals surface area contributed by atoms with Crippen LogP contribution in [-0.2, 0) is 9.53 Å². The zero-order chi connectivity index (χ0) is 17.5. The summed E-state index contributed by atoms with van der Waals surface area (Å²) in [7, 11) is 2.74. The first-order valence-corrected chi connectivity index (χ1v) is 7.86. The van der Waals surface area contributed by atoms with E-state index in [1.807, 2.05) is 0 Å². The van der Waals surface area contributed by atoms with Crippen molar-refractivity contribution in [1.29, 1.82) is 0 Å². The number of aromatic nitrogens is 1. The van der Waals surface area contributed by atoms with E-state index in [0.29, 0.717) is 22.3 Å². The predicted octanol–water partition coefficient (Wildman–Crippen LogP) is 2.39. The van der Waals surface area contributed by atoms with Gasteiger partial charge in [0.25, 0.3) is 0 Å². The molecule has 0 amide bonds. The number of benzene rings is 1. The van der Waals surface area contributed by atoms with Crippen LogP contribution in [0.25, 0.3) is 0 Å². The summed E-state index contributed by atoms with van der Waals surface area (Å²) in [5.74, 6) is 0.522. The topological polar surface area (TPSA) is 108 Å². The largest absolute Gasteiger partial charge is 0.493 e. The van der Waals surface area contributed by atoms with Crippen LogP contribution in [0.2, 0.25) is 5.02 Å². The number of halogens is 1. The van der Waals surface area contributed by atoms with Gasteiger partial charge in [-0.25, -0.2) is 9.78 Å². The van der Waals surface area contributed by atoms with Gasteiger partial charge < -0.3 is 19.9 Å². The van der Waals surface area contributed by atoms with E-state index >= 15 is 0 Å². The average molecular weight is 371 g/mol. The molecule has 0 saturated carbocycles. The van der Waals surface area contributed by atoms with Crippen molar-refractivity contribution in [2.24, 2.45) is 5.10 Å². The molecule has 0 spiro atoms. The van der Waals surface area contributed by atoms with Crippen LogP contribution in [0.5, 0.6) is 11.5 Å². The molecule has 0 atom stereocenters. The zero-order valence-corrected chi connectivity index (χ0v) is 14.5. The molecule has 0 saturated heterocycles. The summed E-state index contributed by atoms with van der Waals surface area (Å²) in [6.07, 6.45) is 1.54. The molecule has 0 unspecified atom stereocenters. The molecule has 24 heavy (non-hydrogen) atoms. The lowest BCUT2D eigenvalue weighted by Gasteiger charge is -2.12. The fourth-order valence-corrected chi connectivity index (χ4v) is 2.47. The molecule has 1 aromatic heterocycles. The highest BCUT2D eigenvalue weighted by molar-refractivity contribution is 7.14. The minimum atomic E-state index is -0.523. The molecule has 0 bridgehead atoms. The summed E-state index contributed by atoms with van der Waals surface area (Å²) in [6, 6.07) is 3.29. The fourth-order valence-electron chi connectivity index (χ4n) is 1.64. The Morgan fingerprint density at radius 2 is 2.29 bits per heavy atom. The van der Waals surface area contributed by atoms with Gasteiger partial charge in [0.2, 0.25) is 5.13 Å². The number of nitrogens with one attached hydrogen (secondary N) is 1. The van der Waals surface area contributed by atoms with Gasteiger partial charge in [-0.05, 0) is 17.7 Å². The second-order valence-corrected chi connectivity index (χ2v) is 5.61. The van der Waals surface area contributed by atoms with Crippen molar-refractivity contribution in [3.05, 3.63) is 28.1 Å². The van der Waals surface area contributed by atoms with Gasteiger partial charge >= 0.3 is 5.97 Å². The number of nitrogen functional groups attached to an aromatic ring is 1. The maximum Gasteiger partial charge on any atom is 0.343 e. The summed E-state index contributed by atoms with van der Waals surface area (Å²) < 4.78 is 15.1. The van der Waals surface area contributed by atoms with Gasteiger partial charge in [-0.3, -0.25) is 5.43 Å². The number of methoxy groups -OCH3 is 2. The minimum absolute atomic E-state index is 0.252. The van der Waals surface area contributed by atoms with Crippen LogP contribution < -0.4 is 20.6 Å². The SMILES string of the molecule is COC(=O)COc1c(Cl)cc(C=NNc2nc(N)cs2)cc1OC. The van der Waals surface area contributed by atoms with Crippen LogP contribution in [0.1, 0.15) is 5.56 Å². The Labute approximate surface area is 147 Å². The number of nitrogens with two attached hydrogens (primary N) is 1. The van der Waals surface area contributed by atoms with Crippen molar-refractivity contribution in [1.82, 2.24) is 4.98 Å². The van der Waals surface area contributed by atoms with Crippen LogP contribution in [0.15, 0.2) is 22.6 Å². The molecule has 0 fully saturated rings. The van der Waals surface area contributed by atoms with Crippen molar-refractivity contribution in [2.45, 2.75) is 0 Å². The Morgan fingerprint density at radius 3 is 2.92 bits per heavy atom. The van der Waals surface area contributed by atoms with E-state index < -0.39 is 5.97 Å². The number of hydrazone groups is 1. The van der Waals surface area contributed by atoms with Gasteiger partial charge in [0, 0.05) is 5.38 Å². The first-order chi connectivity index (χ1) is 11.5. The molecule has 128 valence electrons. The first-order valence-electron chi connectivity index (χ1n) is 6.60. The summed E-state index contributed by atoms with van der Waals surface area (Å²) in [4.78, 5) is 15.2.